The lowest BCUT2D eigenvalue weighted by Crippen LogP contribution is -2.11. The molecule has 0 aliphatic rings. The Bertz CT molecular complexity index is 718. The molecule has 0 fully saturated rings. The predicted octanol–water partition coefficient (Wildman–Crippen LogP) is 1.52. The van der Waals surface area contributed by atoms with Gasteiger partial charge < -0.3 is 5.73 Å². The van der Waals surface area contributed by atoms with Gasteiger partial charge in [-0.2, -0.15) is 0 Å². The van der Waals surface area contributed by atoms with Gasteiger partial charge in [-0.25, -0.2) is 4.98 Å². The average molecular weight is 238 g/mol. The van der Waals surface area contributed by atoms with Crippen LogP contribution in [0.4, 0.5) is 0 Å². The van der Waals surface area contributed by atoms with E-state index in [1.807, 2.05) is 22.8 Å². The number of fused-ring (bicyclic) bond motifs is 1. The highest BCUT2D eigenvalue weighted by Gasteiger charge is 2.11. The zero-order chi connectivity index (χ0) is 12.5. The van der Waals surface area contributed by atoms with Gasteiger partial charge in [0.05, 0.1) is 23.0 Å². The Morgan fingerprint density at radius 3 is 2.83 bits per heavy atom. The van der Waals surface area contributed by atoms with Crippen LogP contribution >= 0.6 is 0 Å². The lowest BCUT2D eigenvalue weighted by molar-refractivity contribution is 0.100. The molecule has 1 aromatic carbocycles. The van der Waals surface area contributed by atoms with Gasteiger partial charge in [0.2, 0.25) is 0 Å². The van der Waals surface area contributed by atoms with E-state index in [-0.39, 0.29) is 0 Å². The number of carbonyl (C=O) groups is 1. The number of aromatic nitrogens is 3. The quantitative estimate of drug-likeness (QED) is 0.735. The van der Waals surface area contributed by atoms with Gasteiger partial charge in [0.15, 0.2) is 0 Å². The highest BCUT2D eigenvalue weighted by Crippen LogP contribution is 2.20. The minimum atomic E-state index is -0.475. The normalized spacial score (nSPS) is 10.7. The van der Waals surface area contributed by atoms with E-state index in [1.54, 1.807) is 30.9 Å². The predicted molar refractivity (Wildman–Crippen MR) is 67.4 cm³/mol. The van der Waals surface area contributed by atoms with Crippen molar-refractivity contribution < 1.29 is 4.79 Å². The number of para-hydroxylation sites is 1. The average Bonchev–Trinajstić information content (AvgIpc) is 2.83. The molecule has 3 aromatic rings. The van der Waals surface area contributed by atoms with Crippen LogP contribution in [0.15, 0.2) is 49.1 Å². The van der Waals surface area contributed by atoms with E-state index in [2.05, 4.69) is 9.97 Å². The van der Waals surface area contributed by atoms with Gasteiger partial charge in [-0.1, -0.05) is 6.07 Å². The zero-order valence-electron chi connectivity index (χ0n) is 9.45. The molecule has 0 saturated heterocycles. The molecule has 0 spiro atoms. The number of benzene rings is 1. The van der Waals surface area contributed by atoms with Crippen molar-refractivity contribution in [1.82, 2.24) is 14.5 Å². The summed E-state index contributed by atoms with van der Waals surface area (Å²) in [5, 5.41) is 0. The second-order valence-corrected chi connectivity index (χ2v) is 3.86. The Hall–Kier alpha value is -2.69. The van der Waals surface area contributed by atoms with E-state index in [1.165, 1.54) is 0 Å². The highest BCUT2D eigenvalue weighted by molar-refractivity contribution is 6.04. The minimum Gasteiger partial charge on any atom is -0.366 e. The first kappa shape index (κ1) is 10.5. The smallest absolute Gasteiger partial charge is 0.250 e. The Morgan fingerprint density at radius 2 is 2.11 bits per heavy atom. The van der Waals surface area contributed by atoms with Gasteiger partial charge in [-0.3, -0.25) is 14.3 Å². The second kappa shape index (κ2) is 3.96. The molecule has 5 nitrogen and oxygen atoms in total. The first-order valence-corrected chi connectivity index (χ1v) is 5.43. The van der Waals surface area contributed by atoms with E-state index in [9.17, 15) is 4.79 Å². The third-order valence-corrected chi connectivity index (χ3v) is 2.77. The Morgan fingerprint density at radius 1 is 1.22 bits per heavy atom. The van der Waals surface area contributed by atoms with Crippen LogP contribution in [0.3, 0.4) is 0 Å². The van der Waals surface area contributed by atoms with Gasteiger partial charge in [0.1, 0.15) is 11.8 Å². The summed E-state index contributed by atoms with van der Waals surface area (Å²) in [7, 11) is 0. The summed E-state index contributed by atoms with van der Waals surface area (Å²) in [4.78, 5) is 19.6. The number of imidazole rings is 1. The van der Waals surface area contributed by atoms with Gasteiger partial charge in [0.25, 0.3) is 5.91 Å². The lowest BCUT2D eigenvalue weighted by atomic mass is 10.2. The summed E-state index contributed by atoms with van der Waals surface area (Å²) in [6, 6.07) is 9.12. The van der Waals surface area contributed by atoms with Crippen LogP contribution < -0.4 is 5.73 Å². The van der Waals surface area contributed by atoms with Crippen molar-refractivity contribution >= 4 is 16.9 Å². The van der Waals surface area contributed by atoms with Crippen molar-refractivity contribution in [3.8, 4) is 5.69 Å². The third kappa shape index (κ3) is 1.53. The fraction of sp³-hybridized carbons (Fsp3) is 0. The van der Waals surface area contributed by atoms with E-state index >= 15 is 0 Å². The topological polar surface area (TPSA) is 73.8 Å². The molecule has 0 aliphatic carbocycles. The van der Waals surface area contributed by atoms with Crippen LogP contribution in [-0.2, 0) is 0 Å². The first-order chi connectivity index (χ1) is 8.77. The molecular formula is C13H10N4O. The maximum atomic E-state index is 11.3. The molecule has 0 atom stereocenters. The number of hydrogen-bond donors (Lipinski definition) is 1. The summed E-state index contributed by atoms with van der Waals surface area (Å²) < 4.78 is 1.87. The first-order valence-electron chi connectivity index (χ1n) is 5.43. The van der Waals surface area contributed by atoms with Crippen LogP contribution in [0.5, 0.6) is 0 Å². The van der Waals surface area contributed by atoms with E-state index < -0.39 is 5.91 Å². The van der Waals surface area contributed by atoms with Crippen LogP contribution in [-0.4, -0.2) is 20.4 Å². The molecule has 2 aromatic heterocycles. The Labute approximate surface area is 103 Å². The number of pyridine rings is 1. The van der Waals surface area contributed by atoms with Crippen LogP contribution in [0.1, 0.15) is 10.4 Å². The van der Waals surface area contributed by atoms with Crippen molar-refractivity contribution in [3.63, 3.8) is 0 Å². The molecule has 0 saturated carbocycles. The van der Waals surface area contributed by atoms with Crippen LogP contribution in [0.2, 0.25) is 0 Å². The van der Waals surface area contributed by atoms with Crippen LogP contribution in [0.25, 0.3) is 16.7 Å². The molecule has 0 bridgehead atoms. The molecule has 2 heterocycles. The molecule has 5 heteroatoms. The second-order valence-electron chi connectivity index (χ2n) is 3.86. The summed E-state index contributed by atoms with van der Waals surface area (Å²) in [6.45, 7) is 0. The molecule has 2 N–H and O–H groups in total. The van der Waals surface area contributed by atoms with Crippen molar-refractivity contribution in [1.29, 1.82) is 0 Å². The van der Waals surface area contributed by atoms with Gasteiger partial charge in [-0.15, -0.1) is 0 Å². The number of carbonyl (C=O) groups excluding carboxylic acids is 1. The maximum absolute atomic E-state index is 11.3. The summed E-state index contributed by atoms with van der Waals surface area (Å²) in [5.74, 6) is -0.475. The molecule has 0 unspecified atom stereocenters. The number of hydrogen-bond acceptors (Lipinski definition) is 3. The van der Waals surface area contributed by atoms with Gasteiger partial charge >= 0.3 is 0 Å². The maximum Gasteiger partial charge on any atom is 0.250 e. The third-order valence-electron chi connectivity index (χ3n) is 2.77. The SMILES string of the molecule is NC(=O)c1cccc2c1ncn2-c1cccnc1. The standard InChI is InChI=1S/C13H10N4O/c14-13(18)10-4-1-5-11-12(10)16-8-17(11)9-3-2-6-15-7-9/h1-8H,(H2,14,18). The van der Waals surface area contributed by atoms with Gasteiger partial charge in [0, 0.05) is 6.20 Å². The monoisotopic (exact) mass is 238 g/mol. The van der Waals surface area contributed by atoms with Crippen molar-refractivity contribution in [2.75, 3.05) is 0 Å². The Kier molecular flexibility index (Phi) is 2.30. The number of nitrogens with zero attached hydrogens (tertiary/aromatic N) is 3. The molecular weight excluding hydrogens is 228 g/mol. The molecule has 0 aliphatic heterocycles. The lowest BCUT2D eigenvalue weighted by Gasteiger charge is -2.03. The van der Waals surface area contributed by atoms with Crippen molar-refractivity contribution in [3.05, 3.63) is 54.6 Å². The molecule has 0 radical (unpaired) electrons. The zero-order valence-corrected chi connectivity index (χ0v) is 9.45. The number of primary amides is 1. The summed E-state index contributed by atoms with van der Waals surface area (Å²) in [5.41, 5.74) is 8.08. The van der Waals surface area contributed by atoms with E-state index in [0.717, 1.165) is 11.2 Å². The minimum absolute atomic E-state index is 0.426. The number of nitrogens with two attached hydrogens (primary N) is 1. The fourth-order valence-corrected chi connectivity index (χ4v) is 1.94. The Balaban J connectivity index is 2.28. The van der Waals surface area contributed by atoms with Crippen molar-refractivity contribution in [2.24, 2.45) is 5.73 Å². The molecule has 1 amide bonds. The summed E-state index contributed by atoms with van der Waals surface area (Å²) >= 11 is 0. The number of rotatable bonds is 2. The van der Waals surface area contributed by atoms with E-state index in [4.69, 9.17) is 5.73 Å². The molecule has 3 rings (SSSR count). The number of amides is 1. The fourth-order valence-electron chi connectivity index (χ4n) is 1.94. The van der Waals surface area contributed by atoms with Crippen LogP contribution in [0, 0.1) is 0 Å². The molecule has 88 valence electrons. The van der Waals surface area contributed by atoms with Gasteiger partial charge in [-0.05, 0) is 24.3 Å². The highest BCUT2D eigenvalue weighted by atomic mass is 16.1. The molecule has 18 heavy (non-hydrogen) atoms. The summed E-state index contributed by atoms with van der Waals surface area (Å²) in [6.07, 6.45) is 5.10. The largest absolute Gasteiger partial charge is 0.366 e. The van der Waals surface area contributed by atoms with E-state index in [0.29, 0.717) is 11.1 Å². The van der Waals surface area contributed by atoms with Crippen molar-refractivity contribution in [2.45, 2.75) is 0 Å².